The zero-order valence-electron chi connectivity index (χ0n) is 13.7. The highest BCUT2D eigenvalue weighted by Crippen LogP contribution is 2.32. The van der Waals surface area contributed by atoms with Crippen molar-refractivity contribution >= 4 is 5.96 Å². The Morgan fingerprint density at radius 2 is 1.96 bits per heavy atom. The summed E-state index contributed by atoms with van der Waals surface area (Å²) in [6, 6.07) is 12.0. The van der Waals surface area contributed by atoms with Crippen LogP contribution < -0.4 is 20.1 Å². The van der Waals surface area contributed by atoms with Crippen LogP contribution in [0.3, 0.4) is 0 Å². The first kappa shape index (κ1) is 16.6. The van der Waals surface area contributed by atoms with E-state index in [1.54, 1.807) is 7.05 Å². The molecule has 1 aliphatic rings. The lowest BCUT2D eigenvalue weighted by molar-refractivity contribution is 0.174. The summed E-state index contributed by atoms with van der Waals surface area (Å²) in [6.45, 7) is 0.988. The summed E-state index contributed by atoms with van der Waals surface area (Å²) in [7, 11) is 1.64. The van der Waals surface area contributed by atoms with E-state index >= 15 is 0 Å². The maximum absolute atomic E-state index is 13.8. The number of fused-ring (bicyclic) bond motifs is 1. The van der Waals surface area contributed by atoms with Crippen LogP contribution in [0, 0.1) is 17.1 Å². The smallest absolute Gasteiger partial charge is 0.231 e. The Kier molecular flexibility index (Phi) is 5.00. The molecule has 0 spiro atoms. The van der Waals surface area contributed by atoms with E-state index in [1.807, 2.05) is 24.3 Å². The summed E-state index contributed by atoms with van der Waals surface area (Å²) >= 11 is 0. The van der Waals surface area contributed by atoms with Crippen LogP contribution in [0.5, 0.6) is 11.5 Å². The summed E-state index contributed by atoms with van der Waals surface area (Å²) in [4.78, 5) is 4.11. The second-order valence-electron chi connectivity index (χ2n) is 5.38. The van der Waals surface area contributed by atoms with Crippen molar-refractivity contribution in [3.63, 3.8) is 0 Å². The first-order valence-electron chi connectivity index (χ1n) is 7.71. The van der Waals surface area contributed by atoms with Crippen molar-refractivity contribution in [3.8, 4) is 17.6 Å². The lowest BCUT2D eigenvalue weighted by Gasteiger charge is -2.13. The number of rotatable bonds is 4. The minimum atomic E-state index is -0.363. The molecule has 7 heteroatoms. The summed E-state index contributed by atoms with van der Waals surface area (Å²) in [6.07, 6.45) is 0. The number of nitrogens with one attached hydrogen (secondary N) is 2. The molecule has 2 aromatic rings. The Morgan fingerprint density at radius 3 is 2.76 bits per heavy atom. The number of aliphatic imine (C=N–C) groups is 1. The molecule has 128 valence electrons. The molecule has 0 saturated carbocycles. The highest BCUT2D eigenvalue weighted by Gasteiger charge is 2.13. The highest BCUT2D eigenvalue weighted by molar-refractivity contribution is 5.79. The molecule has 1 heterocycles. The summed E-state index contributed by atoms with van der Waals surface area (Å²) in [5.74, 6) is 1.62. The molecule has 0 unspecified atom stereocenters. The molecule has 6 nitrogen and oxygen atoms in total. The zero-order valence-corrected chi connectivity index (χ0v) is 13.7. The molecule has 0 atom stereocenters. The molecule has 25 heavy (non-hydrogen) atoms. The monoisotopic (exact) mass is 340 g/mol. The first-order chi connectivity index (χ1) is 12.2. The molecular weight excluding hydrogens is 323 g/mol. The van der Waals surface area contributed by atoms with E-state index in [2.05, 4.69) is 15.6 Å². The third-order valence-corrected chi connectivity index (χ3v) is 3.74. The van der Waals surface area contributed by atoms with E-state index in [1.165, 1.54) is 18.2 Å². The van der Waals surface area contributed by atoms with E-state index in [-0.39, 0.29) is 19.2 Å². The number of nitriles is 1. The number of halogens is 1. The van der Waals surface area contributed by atoms with Gasteiger partial charge >= 0.3 is 0 Å². The van der Waals surface area contributed by atoms with Crippen molar-refractivity contribution in [2.24, 2.45) is 4.99 Å². The predicted molar refractivity (Wildman–Crippen MR) is 90.7 cm³/mol. The third kappa shape index (κ3) is 3.98. The Bertz CT molecular complexity index is 845. The molecule has 0 amide bonds. The van der Waals surface area contributed by atoms with Gasteiger partial charge in [0.1, 0.15) is 5.82 Å². The van der Waals surface area contributed by atoms with Gasteiger partial charge in [0, 0.05) is 25.7 Å². The Labute approximate surface area is 144 Å². The average Bonchev–Trinajstić information content (AvgIpc) is 3.11. The quantitative estimate of drug-likeness (QED) is 0.659. The molecule has 1 aliphatic heterocycles. The van der Waals surface area contributed by atoms with Crippen LogP contribution in [-0.4, -0.2) is 19.8 Å². The molecule has 2 N–H and O–H groups in total. The topological polar surface area (TPSA) is 78.7 Å². The molecule has 2 aromatic carbocycles. The normalized spacial score (nSPS) is 12.6. The second kappa shape index (κ2) is 7.53. The second-order valence-corrected chi connectivity index (χ2v) is 5.38. The van der Waals surface area contributed by atoms with E-state index in [0.717, 1.165) is 17.1 Å². The zero-order chi connectivity index (χ0) is 17.6. The van der Waals surface area contributed by atoms with E-state index < -0.39 is 0 Å². The highest BCUT2D eigenvalue weighted by atomic mass is 19.1. The Hall–Kier alpha value is -3.27. The Balaban J connectivity index is 1.58. The summed E-state index contributed by atoms with van der Waals surface area (Å²) in [5.41, 5.74) is 1.83. The number of nitrogens with zero attached hydrogens (tertiary/aromatic N) is 2. The van der Waals surface area contributed by atoms with Crippen LogP contribution in [0.4, 0.5) is 4.39 Å². The van der Waals surface area contributed by atoms with Crippen LogP contribution in [0.2, 0.25) is 0 Å². The van der Waals surface area contributed by atoms with Crippen LogP contribution in [0.1, 0.15) is 16.7 Å². The van der Waals surface area contributed by atoms with Crippen LogP contribution in [0.15, 0.2) is 41.4 Å². The molecule has 0 fully saturated rings. The number of ether oxygens (including phenoxy) is 2. The first-order valence-corrected chi connectivity index (χ1v) is 7.71. The fourth-order valence-electron chi connectivity index (χ4n) is 2.42. The predicted octanol–water partition coefficient (Wildman–Crippen LogP) is 2.29. The lowest BCUT2D eigenvalue weighted by atomic mass is 10.1. The molecule has 3 rings (SSSR count). The van der Waals surface area contributed by atoms with E-state index in [4.69, 9.17) is 14.7 Å². The number of benzene rings is 2. The van der Waals surface area contributed by atoms with Gasteiger partial charge in [-0.1, -0.05) is 6.07 Å². The van der Waals surface area contributed by atoms with E-state index in [9.17, 15) is 4.39 Å². The standard InChI is InChI=1S/C18H17FN4O2/c1-21-18(23-10-14-6-12(8-20)2-4-15(14)19)22-9-13-3-5-16-17(7-13)25-11-24-16/h2-7H,9-11H2,1H3,(H2,21,22,23). The maximum Gasteiger partial charge on any atom is 0.231 e. The van der Waals surface area contributed by atoms with Gasteiger partial charge in [0.15, 0.2) is 17.5 Å². The van der Waals surface area contributed by atoms with E-state index in [0.29, 0.717) is 23.6 Å². The van der Waals surface area contributed by atoms with Crippen molar-refractivity contribution in [2.75, 3.05) is 13.8 Å². The Morgan fingerprint density at radius 1 is 1.16 bits per heavy atom. The van der Waals surface area contributed by atoms with Gasteiger partial charge in [-0.2, -0.15) is 5.26 Å². The molecule has 0 aromatic heterocycles. The molecule has 0 saturated heterocycles. The minimum Gasteiger partial charge on any atom is -0.454 e. The van der Waals surface area contributed by atoms with Gasteiger partial charge in [-0.25, -0.2) is 4.39 Å². The maximum atomic E-state index is 13.8. The summed E-state index contributed by atoms with van der Waals surface area (Å²) in [5, 5.41) is 15.1. The van der Waals surface area contributed by atoms with Gasteiger partial charge < -0.3 is 20.1 Å². The molecule has 0 radical (unpaired) electrons. The van der Waals surface area contributed by atoms with Crippen molar-refractivity contribution in [1.82, 2.24) is 10.6 Å². The third-order valence-electron chi connectivity index (χ3n) is 3.74. The molecule has 0 aliphatic carbocycles. The average molecular weight is 340 g/mol. The van der Waals surface area contributed by atoms with Crippen molar-refractivity contribution < 1.29 is 13.9 Å². The van der Waals surface area contributed by atoms with Gasteiger partial charge in [0.2, 0.25) is 6.79 Å². The largest absolute Gasteiger partial charge is 0.454 e. The van der Waals surface area contributed by atoms with Crippen molar-refractivity contribution in [3.05, 3.63) is 58.9 Å². The summed E-state index contributed by atoms with van der Waals surface area (Å²) < 4.78 is 24.4. The van der Waals surface area contributed by atoms with Gasteiger partial charge in [-0.15, -0.1) is 0 Å². The van der Waals surface area contributed by atoms with Crippen molar-refractivity contribution in [2.45, 2.75) is 13.1 Å². The van der Waals surface area contributed by atoms with Crippen LogP contribution >= 0.6 is 0 Å². The van der Waals surface area contributed by atoms with Gasteiger partial charge in [-0.05, 0) is 35.9 Å². The van der Waals surface area contributed by atoms with Crippen molar-refractivity contribution in [1.29, 1.82) is 5.26 Å². The van der Waals surface area contributed by atoms with Crippen LogP contribution in [-0.2, 0) is 13.1 Å². The van der Waals surface area contributed by atoms with Crippen LogP contribution in [0.25, 0.3) is 0 Å². The van der Waals surface area contributed by atoms with Gasteiger partial charge in [0.05, 0.1) is 11.6 Å². The number of guanidine groups is 1. The fourth-order valence-corrected chi connectivity index (χ4v) is 2.42. The minimum absolute atomic E-state index is 0.224. The fraction of sp³-hybridized carbons (Fsp3) is 0.222. The molecule has 0 bridgehead atoms. The van der Waals surface area contributed by atoms with Gasteiger partial charge in [-0.3, -0.25) is 4.99 Å². The van der Waals surface area contributed by atoms with Gasteiger partial charge in [0.25, 0.3) is 0 Å². The number of hydrogen-bond acceptors (Lipinski definition) is 4. The SMILES string of the molecule is CN=C(NCc1ccc2c(c1)OCO2)NCc1cc(C#N)ccc1F. The molecular formula is C18H17FN4O2. The number of hydrogen-bond donors (Lipinski definition) is 2. The lowest BCUT2D eigenvalue weighted by Crippen LogP contribution is -2.36.